The topological polar surface area (TPSA) is 84.2 Å². The first-order chi connectivity index (χ1) is 10.9. The molecule has 4 N–H and O–H groups in total. The molecule has 23 heavy (non-hydrogen) atoms. The molecule has 0 radical (unpaired) electrons. The summed E-state index contributed by atoms with van der Waals surface area (Å²) < 4.78 is 0. The summed E-state index contributed by atoms with van der Waals surface area (Å²) in [5.41, 5.74) is 8.09. The minimum atomic E-state index is -0.584. The Morgan fingerprint density at radius 1 is 1.22 bits per heavy atom. The zero-order chi connectivity index (χ0) is 17.0. The van der Waals surface area contributed by atoms with Crippen LogP contribution in [0.3, 0.4) is 0 Å². The highest BCUT2D eigenvalue weighted by molar-refractivity contribution is 5.87. The van der Waals surface area contributed by atoms with Crippen LogP contribution < -0.4 is 16.4 Å². The van der Waals surface area contributed by atoms with Gasteiger partial charge in [-0.15, -0.1) is 0 Å². The van der Waals surface area contributed by atoms with Gasteiger partial charge in [0.15, 0.2) is 0 Å². The van der Waals surface area contributed by atoms with Crippen molar-refractivity contribution in [2.24, 2.45) is 17.6 Å². The monoisotopic (exact) mass is 317 g/mol. The van der Waals surface area contributed by atoms with Crippen LogP contribution in [-0.4, -0.2) is 24.4 Å². The standard InChI is InChI=1S/C18H27N3O2/c1-11(2)16(19)18(23)20-10-15(22)21-17(14-8-9-14)13-6-4-12(3)5-7-13/h4-7,11,14,16-17H,8-10,19H2,1-3H3,(H,20,23)(H,21,22)/t16-,17?/m0/s1. The number of hydrogen-bond donors (Lipinski definition) is 3. The molecule has 1 fully saturated rings. The summed E-state index contributed by atoms with van der Waals surface area (Å²) in [5.74, 6) is 0.0837. The van der Waals surface area contributed by atoms with Gasteiger partial charge in [0.2, 0.25) is 11.8 Å². The lowest BCUT2D eigenvalue weighted by molar-refractivity contribution is -0.127. The molecule has 1 aliphatic carbocycles. The zero-order valence-corrected chi connectivity index (χ0v) is 14.1. The van der Waals surface area contributed by atoms with Gasteiger partial charge in [0.25, 0.3) is 0 Å². The van der Waals surface area contributed by atoms with Gasteiger partial charge in [-0.1, -0.05) is 43.7 Å². The first-order valence-electron chi connectivity index (χ1n) is 8.27. The number of nitrogens with one attached hydrogen (secondary N) is 2. The molecule has 0 heterocycles. The molecule has 1 unspecified atom stereocenters. The number of amides is 2. The van der Waals surface area contributed by atoms with E-state index in [0.29, 0.717) is 5.92 Å². The molecule has 2 rings (SSSR count). The molecule has 1 saturated carbocycles. The van der Waals surface area contributed by atoms with Crippen molar-refractivity contribution in [3.63, 3.8) is 0 Å². The fourth-order valence-corrected chi connectivity index (χ4v) is 2.49. The Balaban J connectivity index is 1.89. The first-order valence-corrected chi connectivity index (χ1v) is 8.27. The Labute approximate surface area is 138 Å². The number of carbonyl (C=O) groups excluding carboxylic acids is 2. The average molecular weight is 317 g/mol. The molecule has 126 valence electrons. The lowest BCUT2D eigenvalue weighted by Crippen LogP contribution is -2.47. The van der Waals surface area contributed by atoms with E-state index in [1.807, 2.05) is 20.8 Å². The van der Waals surface area contributed by atoms with Gasteiger partial charge in [0.1, 0.15) is 0 Å². The van der Waals surface area contributed by atoms with Crippen LogP contribution in [0.15, 0.2) is 24.3 Å². The minimum absolute atomic E-state index is 0.0266. The van der Waals surface area contributed by atoms with E-state index in [-0.39, 0.29) is 30.3 Å². The van der Waals surface area contributed by atoms with Gasteiger partial charge in [-0.25, -0.2) is 0 Å². The van der Waals surface area contributed by atoms with Crippen LogP contribution in [-0.2, 0) is 9.59 Å². The number of hydrogen-bond acceptors (Lipinski definition) is 3. The molecule has 1 aromatic rings. The summed E-state index contributed by atoms with van der Waals surface area (Å²) in [4.78, 5) is 24.0. The van der Waals surface area contributed by atoms with Gasteiger partial charge >= 0.3 is 0 Å². The average Bonchev–Trinajstić information content (AvgIpc) is 3.35. The molecular weight excluding hydrogens is 290 g/mol. The lowest BCUT2D eigenvalue weighted by Gasteiger charge is -2.20. The predicted octanol–water partition coefficient (Wildman–Crippen LogP) is 1.66. The highest BCUT2D eigenvalue weighted by Crippen LogP contribution is 2.40. The number of benzene rings is 1. The molecule has 0 spiro atoms. The normalized spacial score (nSPS) is 16.7. The highest BCUT2D eigenvalue weighted by Gasteiger charge is 2.33. The molecule has 2 atom stereocenters. The second-order valence-corrected chi connectivity index (χ2v) is 6.78. The van der Waals surface area contributed by atoms with E-state index >= 15 is 0 Å². The van der Waals surface area contributed by atoms with Crippen molar-refractivity contribution in [1.82, 2.24) is 10.6 Å². The number of nitrogens with two attached hydrogens (primary N) is 1. The maximum absolute atomic E-state index is 12.2. The Kier molecular flexibility index (Phi) is 5.77. The smallest absolute Gasteiger partial charge is 0.239 e. The second kappa shape index (κ2) is 7.59. The van der Waals surface area contributed by atoms with Gasteiger partial charge in [-0.3, -0.25) is 9.59 Å². The van der Waals surface area contributed by atoms with Crippen molar-refractivity contribution in [3.05, 3.63) is 35.4 Å². The van der Waals surface area contributed by atoms with Crippen LogP contribution in [0.1, 0.15) is 43.9 Å². The molecule has 2 amide bonds. The largest absolute Gasteiger partial charge is 0.347 e. The molecule has 0 saturated heterocycles. The second-order valence-electron chi connectivity index (χ2n) is 6.78. The van der Waals surface area contributed by atoms with Gasteiger partial charge < -0.3 is 16.4 Å². The molecule has 5 heteroatoms. The molecular formula is C18H27N3O2. The number of carbonyl (C=O) groups is 2. The Hall–Kier alpha value is -1.88. The maximum atomic E-state index is 12.2. The number of aryl methyl sites for hydroxylation is 1. The summed E-state index contributed by atoms with van der Waals surface area (Å²) in [6, 6.07) is 7.68. The van der Waals surface area contributed by atoms with Crippen LogP contribution >= 0.6 is 0 Å². The van der Waals surface area contributed by atoms with E-state index < -0.39 is 6.04 Å². The van der Waals surface area contributed by atoms with E-state index in [1.165, 1.54) is 5.56 Å². The van der Waals surface area contributed by atoms with E-state index in [0.717, 1.165) is 18.4 Å². The zero-order valence-electron chi connectivity index (χ0n) is 14.1. The first kappa shape index (κ1) is 17.5. The van der Waals surface area contributed by atoms with Crippen LogP contribution in [0.25, 0.3) is 0 Å². The quantitative estimate of drug-likeness (QED) is 0.715. The van der Waals surface area contributed by atoms with Crippen LogP contribution in [0.2, 0.25) is 0 Å². The fraction of sp³-hybridized carbons (Fsp3) is 0.556. The van der Waals surface area contributed by atoms with Crippen molar-refractivity contribution in [3.8, 4) is 0 Å². The summed E-state index contributed by atoms with van der Waals surface area (Å²) in [7, 11) is 0. The van der Waals surface area contributed by atoms with Crippen molar-refractivity contribution >= 4 is 11.8 Å². The third-order valence-corrected chi connectivity index (χ3v) is 4.29. The Morgan fingerprint density at radius 3 is 2.35 bits per heavy atom. The SMILES string of the molecule is Cc1ccc(C(NC(=O)CNC(=O)[C@@H](N)C(C)C)C2CC2)cc1. The fourth-order valence-electron chi connectivity index (χ4n) is 2.49. The Bertz CT molecular complexity index is 550. The van der Waals surface area contributed by atoms with E-state index in [4.69, 9.17) is 5.73 Å². The van der Waals surface area contributed by atoms with E-state index in [1.54, 1.807) is 0 Å². The number of rotatable bonds is 7. The Morgan fingerprint density at radius 2 is 1.83 bits per heavy atom. The molecule has 1 aliphatic rings. The van der Waals surface area contributed by atoms with E-state index in [9.17, 15) is 9.59 Å². The van der Waals surface area contributed by atoms with Crippen LogP contribution in [0, 0.1) is 18.8 Å². The van der Waals surface area contributed by atoms with Crippen molar-refractivity contribution < 1.29 is 9.59 Å². The molecule has 5 nitrogen and oxygen atoms in total. The van der Waals surface area contributed by atoms with Gasteiger partial charge in [-0.2, -0.15) is 0 Å². The van der Waals surface area contributed by atoms with Gasteiger partial charge in [0, 0.05) is 0 Å². The van der Waals surface area contributed by atoms with Gasteiger partial charge in [0.05, 0.1) is 18.6 Å². The van der Waals surface area contributed by atoms with Crippen molar-refractivity contribution in [2.45, 2.75) is 45.7 Å². The highest BCUT2D eigenvalue weighted by atomic mass is 16.2. The predicted molar refractivity (Wildman–Crippen MR) is 90.6 cm³/mol. The summed E-state index contributed by atoms with van der Waals surface area (Å²) in [6.07, 6.45) is 2.26. The van der Waals surface area contributed by atoms with Crippen LogP contribution in [0.4, 0.5) is 0 Å². The maximum Gasteiger partial charge on any atom is 0.239 e. The van der Waals surface area contributed by atoms with Gasteiger partial charge in [-0.05, 0) is 37.2 Å². The van der Waals surface area contributed by atoms with Crippen LogP contribution in [0.5, 0.6) is 0 Å². The molecule has 0 aliphatic heterocycles. The van der Waals surface area contributed by atoms with Crippen molar-refractivity contribution in [2.75, 3.05) is 6.54 Å². The minimum Gasteiger partial charge on any atom is -0.347 e. The summed E-state index contributed by atoms with van der Waals surface area (Å²) in [6.45, 7) is 5.77. The summed E-state index contributed by atoms with van der Waals surface area (Å²) in [5, 5.41) is 5.66. The molecule has 1 aromatic carbocycles. The van der Waals surface area contributed by atoms with E-state index in [2.05, 4.69) is 34.9 Å². The molecule has 0 bridgehead atoms. The molecule has 0 aromatic heterocycles. The third-order valence-electron chi connectivity index (χ3n) is 4.29. The van der Waals surface area contributed by atoms with Crippen molar-refractivity contribution in [1.29, 1.82) is 0 Å². The summed E-state index contributed by atoms with van der Waals surface area (Å²) >= 11 is 0. The lowest BCUT2D eigenvalue weighted by atomic mass is 10.0. The third kappa shape index (κ3) is 5.06.